The van der Waals surface area contributed by atoms with Crippen LogP contribution in [0.4, 0.5) is 0 Å². The van der Waals surface area contributed by atoms with Gasteiger partial charge in [0.1, 0.15) is 0 Å². The molecule has 1 unspecified atom stereocenters. The van der Waals surface area contributed by atoms with Crippen LogP contribution >= 0.6 is 11.3 Å². The smallest absolute Gasteiger partial charge is 0.223 e. The fraction of sp³-hybridized carbons (Fsp3) is 0.556. The van der Waals surface area contributed by atoms with E-state index >= 15 is 0 Å². The van der Waals surface area contributed by atoms with Gasteiger partial charge in [-0.15, -0.1) is 11.3 Å². The largest absolute Gasteiger partial charge is 0.356 e. The third-order valence-corrected chi connectivity index (χ3v) is 3.21. The van der Waals surface area contributed by atoms with Gasteiger partial charge in [0.15, 0.2) is 0 Å². The number of nitrogens with zero attached hydrogens (tertiary/aromatic N) is 1. The van der Waals surface area contributed by atoms with Gasteiger partial charge in [0.2, 0.25) is 5.91 Å². The summed E-state index contributed by atoms with van der Waals surface area (Å²) in [6, 6.07) is 0. The molecule has 0 radical (unpaired) electrons. The molecule has 1 aromatic heterocycles. The molecule has 4 heteroatoms. The van der Waals surface area contributed by atoms with Crippen molar-refractivity contribution in [3.63, 3.8) is 0 Å². The van der Waals surface area contributed by atoms with Crippen LogP contribution in [0.25, 0.3) is 0 Å². The fourth-order valence-electron chi connectivity index (χ4n) is 1.58. The van der Waals surface area contributed by atoms with Crippen LogP contribution in [0.15, 0.2) is 6.20 Å². The molecule has 3 nitrogen and oxygen atoms in total. The van der Waals surface area contributed by atoms with Crippen LogP contribution in [0.5, 0.6) is 0 Å². The van der Waals surface area contributed by atoms with Crippen LogP contribution in [0.1, 0.15) is 16.3 Å². The fourth-order valence-corrected chi connectivity index (χ4v) is 2.46. The van der Waals surface area contributed by atoms with Crippen molar-refractivity contribution in [3.05, 3.63) is 16.1 Å². The summed E-state index contributed by atoms with van der Waals surface area (Å²) in [6.45, 7) is 2.82. The Labute approximate surface area is 81.2 Å². The molecule has 0 bridgehead atoms. The Morgan fingerprint density at radius 1 is 1.77 bits per heavy atom. The first-order valence-electron chi connectivity index (χ1n) is 4.45. The number of nitrogens with one attached hydrogen (secondary N) is 1. The molecular formula is C9H12N2OS. The monoisotopic (exact) mass is 196 g/mol. The first-order valence-corrected chi connectivity index (χ1v) is 5.26. The van der Waals surface area contributed by atoms with Crippen molar-refractivity contribution in [2.75, 3.05) is 6.54 Å². The highest BCUT2D eigenvalue weighted by Gasteiger charge is 2.24. The lowest BCUT2D eigenvalue weighted by molar-refractivity contribution is -0.122. The summed E-state index contributed by atoms with van der Waals surface area (Å²) in [5.74, 6) is 0.380. The quantitative estimate of drug-likeness (QED) is 0.770. The first-order chi connectivity index (χ1) is 6.25. The van der Waals surface area contributed by atoms with Crippen LogP contribution < -0.4 is 5.32 Å². The van der Waals surface area contributed by atoms with E-state index < -0.39 is 0 Å². The second-order valence-electron chi connectivity index (χ2n) is 3.33. The molecule has 1 saturated heterocycles. The van der Waals surface area contributed by atoms with Gasteiger partial charge in [0.05, 0.1) is 5.01 Å². The van der Waals surface area contributed by atoms with Crippen molar-refractivity contribution in [2.24, 2.45) is 5.92 Å². The predicted molar refractivity (Wildman–Crippen MR) is 51.7 cm³/mol. The minimum atomic E-state index is 0.180. The highest BCUT2D eigenvalue weighted by molar-refractivity contribution is 7.11. The Bertz CT molecular complexity index is 321. The number of amides is 1. The molecule has 1 amide bonds. The molecule has 1 aromatic rings. The van der Waals surface area contributed by atoms with Crippen LogP contribution in [0, 0.1) is 12.8 Å². The Balaban J connectivity index is 2.01. The summed E-state index contributed by atoms with van der Waals surface area (Å²) in [5.41, 5.74) is 0. The van der Waals surface area contributed by atoms with Crippen molar-refractivity contribution in [2.45, 2.75) is 19.8 Å². The lowest BCUT2D eigenvalue weighted by Gasteiger charge is -2.02. The van der Waals surface area contributed by atoms with Gasteiger partial charge in [-0.25, -0.2) is 4.98 Å². The second kappa shape index (κ2) is 3.46. The molecule has 0 aliphatic carbocycles. The molecule has 0 aromatic carbocycles. The molecule has 70 valence electrons. The number of carbonyl (C=O) groups excluding carboxylic acids is 1. The Hall–Kier alpha value is -0.900. The number of hydrogen-bond acceptors (Lipinski definition) is 3. The number of thiazole rings is 1. The van der Waals surface area contributed by atoms with Crippen molar-refractivity contribution in [1.82, 2.24) is 10.3 Å². The number of aromatic nitrogens is 1. The molecule has 0 spiro atoms. The third-order valence-electron chi connectivity index (χ3n) is 2.28. The first kappa shape index (κ1) is 8.69. The molecule has 13 heavy (non-hydrogen) atoms. The van der Waals surface area contributed by atoms with Gasteiger partial charge in [-0.2, -0.15) is 0 Å². The van der Waals surface area contributed by atoms with E-state index in [1.807, 2.05) is 13.1 Å². The molecule has 1 aliphatic rings. The van der Waals surface area contributed by atoms with E-state index in [0.717, 1.165) is 24.4 Å². The second-order valence-corrected chi connectivity index (χ2v) is 4.65. The zero-order valence-corrected chi connectivity index (χ0v) is 8.36. The van der Waals surface area contributed by atoms with Crippen LogP contribution in [-0.4, -0.2) is 17.4 Å². The summed E-state index contributed by atoms with van der Waals surface area (Å²) in [7, 11) is 0. The molecule has 1 aliphatic heterocycles. The van der Waals surface area contributed by atoms with Crippen LogP contribution in [0.3, 0.4) is 0 Å². The molecule has 0 saturated carbocycles. The molecule has 1 atom stereocenters. The Kier molecular flexibility index (Phi) is 2.31. The van der Waals surface area contributed by atoms with E-state index in [1.165, 1.54) is 4.88 Å². The van der Waals surface area contributed by atoms with Gasteiger partial charge < -0.3 is 5.32 Å². The normalized spacial score (nSPS) is 21.9. The van der Waals surface area contributed by atoms with Crippen molar-refractivity contribution in [3.8, 4) is 0 Å². The molecule has 2 rings (SSSR count). The maximum atomic E-state index is 11.3. The number of aryl methyl sites for hydroxylation is 1. The van der Waals surface area contributed by atoms with E-state index in [1.54, 1.807) is 11.3 Å². The highest BCUT2D eigenvalue weighted by atomic mass is 32.1. The third kappa shape index (κ3) is 1.88. The van der Waals surface area contributed by atoms with Gasteiger partial charge in [0, 0.05) is 23.5 Å². The zero-order chi connectivity index (χ0) is 9.26. The summed E-state index contributed by atoms with van der Waals surface area (Å²) in [5, 5.41) is 3.92. The average Bonchev–Trinajstić information content (AvgIpc) is 2.64. The van der Waals surface area contributed by atoms with E-state index in [9.17, 15) is 4.79 Å². The molecular weight excluding hydrogens is 184 g/mol. The molecule has 2 heterocycles. The van der Waals surface area contributed by atoms with Gasteiger partial charge >= 0.3 is 0 Å². The minimum absolute atomic E-state index is 0.180. The standard InChI is InChI=1S/C9H12N2OS/c1-6-11-5-8(13-6)4-7-2-3-10-9(7)12/h5,7H,2-4H2,1H3,(H,10,12). The molecule has 1 fully saturated rings. The number of rotatable bonds is 2. The van der Waals surface area contributed by atoms with Gasteiger partial charge in [-0.3, -0.25) is 4.79 Å². The number of carbonyl (C=O) groups is 1. The lowest BCUT2D eigenvalue weighted by atomic mass is 10.0. The topological polar surface area (TPSA) is 42.0 Å². The van der Waals surface area contributed by atoms with Crippen molar-refractivity contribution in [1.29, 1.82) is 0 Å². The summed E-state index contributed by atoms with van der Waals surface area (Å²) in [6.07, 6.45) is 3.71. The van der Waals surface area contributed by atoms with E-state index in [0.29, 0.717) is 0 Å². The van der Waals surface area contributed by atoms with Gasteiger partial charge in [0.25, 0.3) is 0 Å². The summed E-state index contributed by atoms with van der Waals surface area (Å²) < 4.78 is 0. The van der Waals surface area contributed by atoms with Crippen molar-refractivity contribution >= 4 is 17.2 Å². The van der Waals surface area contributed by atoms with E-state index in [4.69, 9.17) is 0 Å². The summed E-state index contributed by atoms with van der Waals surface area (Å²) >= 11 is 1.69. The van der Waals surface area contributed by atoms with Crippen LogP contribution in [-0.2, 0) is 11.2 Å². The van der Waals surface area contributed by atoms with Gasteiger partial charge in [-0.1, -0.05) is 0 Å². The zero-order valence-electron chi connectivity index (χ0n) is 7.54. The van der Waals surface area contributed by atoms with Gasteiger partial charge in [-0.05, 0) is 19.8 Å². The highest BCUT2D eigenvalue weighted by Crippen LogP contribution is 2.20. The number of hydrogen-bond donors (Lipinski definition) is 1. The summed E-state index contributed by atoms with van der Waals surface area (Å²) in [4.78, 5) is 16.7. The van der Waals surface area contributed by atoms with E-state index in [2.05, 4.69) is 10.3 Å². The Morgan fingerprint density at radius 2 is 2.62 bits per heavy atom. The average molecular weight is 196 g/mol. The lowest BCUT2D eigenvalue weighted by Crippen LogP contribution is -2.20. The molecule has 1 N–H and O–H groups in total. The minimum Gasteiger partial charge on any atom is -0.356 e. The maximum Gasteiger partial charge on any atom is 0.223 e. The SMILES string of the molecule is Cc1ncc(CC2CCNC2=O)s1. The maximum absolute atomic E-state index is 11.3. The Morgan fingerprint density at radius 3 is 3.15 bits per heavy atom. The van der Waals surface area contributed by atoms with Crippen LogP contribution in [0.2, 0.25) is 0 Å². The van der Waals surface area contributed by atoms with Crippen molar-refractivity contribution < 1.29 is 4.79 Å². The predicted octanol–water partition coefficient (Wildman–Crippen LogP) is 1.13. The van der Waals surface area contributed by atoms with E-state index in [-0.39, 0.29) is 11.8 Å².